The van der Waals surface area contributed by atoms with Crippen LogP contribution in [0.15, 0.2) is 0 Å². The number of ether oxygens (including phenoxy) is 2. The lowest BCUT2D eigenvalue weighted by Crippen LogP contribution is -2.48. The third kappa shape index (κ3) is 1.48. The fourth-order valence-corrected chi connectivity index (χ4v) is 2.57. The molecule has 0 radical (unpaired) electrons. The van der Waals surface area contributed by atoms with Gasteiger partial charge in [0, 0.05) is 18.3 Å². The van der Waals surface area contributed by atoms with Crippen molar-refractivity contribution >= 4 is 6.29 Å². The van der Waals surface area contributed by atoms with Crippen LogP contribution < -0.4 is 0 Å². The van der Waals surface area contributed by atoms with E-state index in [0.29, 0.717) is 5.92 Å². The van der Waals surface area contributed by atoms with E-state index in [0.717, 1.165) is 19.1 Å². The molecule has 0 aromatic carbocycles. The monoisotopic (exact) mass is 198 g/mol. The maximum Gasteiger partial charge on any atom is 0.166 e. The molecule has 0 aromatic heterocycles. The second kappa shape index (κ2) is 3.31. The summed E-state index contributed by atoms with van der Waals surface area (Å²) in [5.74, 6) is -0.140. The van der Waals surface area contributed by atoms with Gasteiger partial charge in [-0.05, 0) is 13.3 Å². The van der Waals surface area contributed by atoms with E-state index in [1.807, 2.05) is 13.8 Å². The zero-order chi connectivity index (χ0) is 10.3. The Labute approximate surface area is 84.8 Å². The van der Waals surface area contributed by atoms with Gasteiger partial charge in [0.05, 0.1) is 12.2 Å². The molecule has 80 valence electrons. The van der Waals surface area contributed by atoms with Crippen molar-refractivity contribution < 1.29 is 14.3 Å². The maximum absolute atomic E-state index is 10.8. The van der Waals surface area contributed by atoms with Crippen molar-refractivity contribution in [2.45, 2.75) is 51.6 Å². The van der Waals surface area contributed by atoms with Gasteiger partial charge in [-0.15, -0.1) is 0 Å². The van der Waals surface area contributed by atoms with Crippen LogP contribution in [0, 0.1) is 11.8 Å². The van der Waals surface area contributed by atoms with Crippen molar-refractivity contribution in [1.82, 2.24) is 0 Å². The summed E-state index contributed by atoms with van der Waals surface area (Å²) < 4.78 is 11.7. The summed E-state index contributed by atoms with van der Waals surface area (Å²) >= 11 is 0. The highest BCUT2D eigenvalue weighted by Crippen LogP contribution is 2.43. The summed E-state index contributed by atoms with van der Waals surface area (Å²) in [5, 5.41) is 0. The van der Waals surface area contributed by atoms with Gasteiger partial charge in [-0.1, -0.05) is 13.8 Å². The molecule has 0 aliphatic carbocycles. The Morgan fingerprint density at radius 1 is 1.50 bits per heavy atom. The summed E-state index contributed by atoms with van der Waals surface area (Å²) in [5.41, 5.74) is 0. The highest BCUT2D eigenvalue weighted by molar-refractivity contribution is 5.54. The molecule has 0 aromatic rings. The van der Waals surface area contributed by atoms with Gasteiger partial charge in [0.1, 0.15) is 6.29 Å². The van der Waals surface area contributed by atoms with Crippen LogP contribution in [0.3, 0.4) is 0 Å². The van der Waals surface area contributed by atoms with Gasteiger partial charge in [-0.25, -0.2) is 0 Å². The molecule has 3 nitrogen and oxygen atoms in total. The molecule has 2 fully saturated rings. The molecule has 2 heterocycles. The van der Waals surface area contributed by atoms with Gasteiger partial charge in [-0.2, -0.15) is 0 Å². The Balaban J connectivity index is 2.16. The average Bonchev–Trinajstić information content (AvgIpc) is 2.50. The minimum Gasteiger partial charge on any atom is -0.347 e. The molecular weight excluding hydrogens is 180 g/mol. The van der Waals surface area contributed by atoms with E-state index in [2.05, 4.69) is 6.92 Å². The summed E-state index contributed by atoms with van der Waals surface area (Å²) in [7, 11) is 0. The highest BCUT2D eigenvalue weighted by Gasteiger charge is 2.49. The lowest BCUT2D eigenvalue weighted by Gasteiger charge is -2.41. The molecule has 2 rings (SSSR count). The smallest absolute Gasteiger partial charge is 0.166 e. The van der Waals surface area contributed by atoms with Gasteiger partial charge in [0.2, 0.25) is 0 Å². The Morgan fingerprint density at radius 3 is 2.86 bits per heavy atom. The second-order valence-corrected chi connectivity index (χ2v) is 4.77. The van der Waals surface area contributed by atoms with E-state index < -0.39 is 5.79 Å². The molecular formula is C11H18O3. The fraction of sp³-hybridized carbons (Fsp3) is 0.909. The van der Waals surface area contributed by atoms with Gasteiger partial charge >= 0.3 is 0 Å². The summed E-state index contributed by atoms with van der Waals surface area (Å²) in [6.07, 6.45) is 3.29. The topological polar surface area (TPSA) is 35.5 Å². The van der Waals surface area contributed by atoms with Crippen LogP contribution in [0.2, 0.25) is 0 Å². The first-order chi connectivity index (χ1) is 6.56. The van der Waals surface area contributed by atoms with E-state index in [4.69, 9.17) is 9.47 Å². The van der Waals surface area contributed by atoms with Crippen molar-refractivity contribution in [3.63, 3.8) is 0 Å². The van der Waals surface area contributed by atoms with Crippen molar-refractivity contribution in [3.8, 4) is 0 Å². The van der Waals surface area contributed by atoms with Crippen LogP contribution in [0.4, 0.5) is 0 Å². The SMILES string of the molecule is C[C@H]1[C@H]([C@H](C)C=O)O[C@@]2(C)CC[C@@H]1O2. The van der Waals surface area contributed by atoms with E-state index in [1.165, 1.54) is 0 Å². The Hall–Kier alpha value is -0.410. The lowest BCUT2D eigenvalue weighted by atomic mass is 9.89. The quantitative estimate of drug-likeness (QED) is 0.634. The first-order valence-electron chi connectivity index (χ1n) is 5.37. The number of carbonyl (C=O) groups is 1. The van der Waals surface area contributed by atoms with Crippen LogP contribution in [-0.4, -0.2) is 24.3 Å². The molecule has 0 N–H and O–H groups in total. The zero-order valence-corrected chi connectivity index (χ0v) is 9.03. The first-order valence-corrected chi connectivity index (χ1v) is 5.37. The predicted molar refractivity (Wildman–Crippen MR) is 51.8 cm³/mol. The molecule has 2 saturated heterocycles. The molecule has 2 aliphatic heterocycles. The van der Waals surface area contributed by atoms with Crippen molar-refractivity contribution in [1.29, 1.82) is 0 Å². The predicted octanol–water partition coefficient (Wildman–Crippen LogP) is 1.75. The first kappa shape index (κ1) is 10.1. The molecule has 0 amide bonds. The number of fused-ring (bicyclic) bond motifs is 2. The van der Waals surface area contributed by atoms with Gasteiger partial charge in [0.15, 0.2) is 5.79 Å². The molecule has 2 bridgehead atoms. The second-order valence-electron chi connectivity index (χ2n) is 4.77. The van der Waals surface area contributed by atoms with Crippen molar-refractivity contribution in [2.24, 2.45) is 11.8 Å². The third-order valence-corrected chi connectivity index (χ3v) is 3.51. The number of carbonyl (C=O) groups excluding carboxylic acids is 1. The summed E-state index contributed by atoms with van der Waals surface area (Å²) in [6.45, 7) is 6.01. The molecule has 2 aliphatic rings. The molecule has 0 saturated carbocycles. The Morgan fingerprint density at radius 2 is 2.21 bits per heavy atom. The van der Waals surface area contributed by atoms with Crippen LogP contribution >= 0.6 is 0 Å². The van der Waals surface area contributed by atoms with Crippen molar-refractivity contribution in [3.05, 3.63) is 0 Å². The third-order valence-electron chi connectivity index (χ3n) is 3.51. The molecule has 0 spiro atoms. The maximum atomic E-state index is 10.8. The van der Waals surface area contributed by atoms with Crippen LogP contribution in [0.5, 0.6) is 0 Å². The van der Waals surface area contributed by atoms with Gasteiger partial charge < -0.3 is 14.3 Å². The number of rotatable bonds is 2. The minimum atomic E-state index is -0.431. The van der Waals surface area contributed by atoms with Crippen LogP contribution in [0.1, 0.15) is 33.6 Å². The fourth-order valence-electron chi connectivity index (χ4n) is 2.57. The van der Waals surface area contributed by atoms with E-state index in [-0.39, 0.29) is 18.1 Å². The van der Waals surface area contributed by atoms with Gasteiger partial charge in [-0.3, -0.25) is 0 Å². The minimum absolute atomic E-state index is 0.0266. The van der Waals surface area contributed by atoms with E-state index in [9.17, 15) is 4.79 Å². The van der Waals surface area contributed by atoms with Crippen LogP contribution in [-0.2, 0) is 14.3 Å². The molecule has 5 atom stereocenters. The van der Waals surface area contributed by atoms with E-state index >= 15 is 0 Å². The average molecular weight is 198 g/mol. The molecule has 0 unspecified atom stereocenters. The largest absolute Gasteiger partial charge is 0.347 e. The Bertz CT molecular complexity index is 241. The summed E-state index contributed by atoms with van der Waals surface area (Å²) in [6, 6.07) is 0. The van der Waals surface area contributed by atoms with E-state index in [1.54, 1.807) is 0 Å². The number of aldehydes is 1. The van der Waals surface area contributed by atoms with Crippen molar-refractivity contribution in [2.75, 3.05) is 0 Å². The van der Waals surface area contributed by atoms with Crippen LogP contribution in [0.25, 0.3) is 0 Å². The Kier molecular flexibility index (Phi) is 2.40. The van der Waals surface area contributed by atoms with Gasteiger partial charge in [0.25, 0.3) is 0 Å². The number of hydrogen-bond donors (Lipinski definition) is 0. The standard InChI is InChI=1S/C11H18O3/c1-7(6-12)10-8(2)9-4-5-11(3,13-9)14-10/h6-10H,4-5H2,1-3H3/t7-,8-,9+,10+,11+/m1/s1. The lowest BCUT2D eigenvalue weighted by molar-refractivity contribution is -0.300. The highest BCUT2D eigenvalue weighted by atomic mass is 16.7. The molecule has 14 heavy (non-hydrogen) atoms. The normalized spacial score (nSPS) is 48.9. The molecule has 3 heteroatoms. The zero-order valence-electron chi connectivity index (χ0n) is 9.03. The number of hydrogen-bond acceptors (Lipinski definition) is 3. The summed E-state index contributed by atoms with van der Waals surface area (Å²) in [4.78, 5) is 10.8.